The number of hydrogen-bond donors (Lipinski definition) is 2. The fraction of sp³-hybridized carbons (Fsp3) is 0.267. The van der Waals surface area contributed by atoms with Crippen LogP contribution in [0.5, 0.6) is 5.75 Å². The Balaban J connectivity index is 1.83. The Hall–Kier alpha value is -1.43. The van der Waals surface area contributed by atoms with Crippen molar-refractivity contribution in [2.45, 2.75) is 18.9 Å². The molecular formula is C15H16BrN3O. The Bertz CT molecular complexity index is 618. The molecule has 0 radical (unpaired) electrons. The average Bonchev–Trinajstić information content (AvgIpc) is 2.92. The molecule has 0 fully saturated rings. The lowest BCUT2D eigenvalue weighted by atomic mass is 9.98. The highest BCUT2D eigenvalue weighted by atomic mass is 79.9. The largest absolute Gasteiger partial charge is 0.493 e. The molecule has 0 bridgehead atoms. The molecule has 1 aliphatic rings. The third-order valence-corrected chi connectivity index (χ3v) is 3.95. The quantitative estimate of drug-likeness (QED) is 0.666. The lowest BCUT2D eigenvalue weighted by Crippen LogP contribution is -2.29. The number of nitrogens with one attached hydrogen (secondary N) is 1. The van der Waals surface area contributed by atoms with Gasteiger partial charge < -0.3 is 4.74 Å². The normalized spacial score (nSPS) is 14.7. The maximum atomic E-state index is 5.72. The van der Waals surface area contributed by atoms with E-state index in [1.165, 1.54) is 11.1 Å². The molecule has 1 atom stereocenters. The van der Waals surface area contributed by atoms with Crippen molar-refractivity contribution < 1.29 is 4.74 Å². The van der Waals surface area contributed by atoms with E-state index in [-0.39, 0.29) is 6.04 Å². The maximum absolute atomic E-state index is 5.72. The van der Waals surface area contributed by atoms with Gasteiger partial charge in [0.2, 0.25) is 0 Å². The number of hydrogen-bond acceptors (Lipinski definition) is 4. The minimum absolute atomic E-state index is 0.0667. The number of aromatic nitrogens is 1. The Morgan fingerprint density at radius 3 is 3.05 bits per heavy atom. The summed E-state index contributed by atoms with van der Waals surface area (Å²) < 4.78 is 6.51. The Kier molecular flexibility index (Phi) is 4.00. The molecule has 5 heteroatoms. The van der Waals surface area contributed by atoms with Gasteiger partial charge in [-0.25, -0.2) is 0 Å². The zero-order valence-electron chi connectivity index (χ0n) is 11.0. The molecular weight excluding hydrogens is 318 g/mol. The van der Waals surface area contributed by atoms with Gasteiger partial charge in [-0.15, -0.1) is 0 Å². The van der Waals surface area contributed by atoms with Crippen LogP contribution in [0.2, 0.25) is 0 Å². The van der Waals surface area contributed by atoms with Gasteiger partial charge in [0.15, 0.2) is 0 Å². The lowest BCUT2D eigenvalue weighted by Gasteiger charge is -2.17. The number of rotatable bonds is 4. The number of halogens is 1. The van der Waals surface area contributed by atoms with Gasteiger partial charge in [0.05, 0.1) is 12.6 Å². The molecule has 1 aromatic heterocycles. The molecule has 1 unspecified atom stereocenters. The van der Waals surface area contributed by atoms with E-state index in [9.17, 15) is 0 Å². The number of nitrogens with zero attached hydrogens (tertiary/aromatic N) is 1. The van der Waals surface area contributed by atoms with Gasteiger partial charge in [0.25, 0.3) is 0 Å². The monoisotopic (exact) mass is 333 g/mol. The predicted octanol–water partition coefficient (Wildman–Crippen LogP) is 2.53. The van der Waals surface area contributed by atoms with Crippen LogP contribution in [0.3, 0.4) is 0 Å². The van der Waals surface area contributed by atoms with Crippen molar-refractivity contribution in [1.82, 2.24) is 10.4 Å². The molecule has 0 spiro atoms. The second-order valence-electron chi connectivity index (χ2n) is 4.90. The molecule has 0 saturated carbocycles. The SMILES string of the molecule is NNC(Cc1cncc(Br)c1)c1ccc2c(c1)CCO2. The molecule has 1 aromatic carbocycles. The fourth-order valence-corrected chi connectivity index (χ4v) is 2.91. The summed E-state index contributed by atoms with van der Waals surface area (Å²) in [7, 11) is 0. The van der Waals surface area contributed by atoms with Crippen LogP contribution < -0.4 is 16.0 Å². The first-order valence-electron chi connectivity index (χ1n) is 6.57. The van der Waals surface area contributed by atoms with Gasteiger partial charge in [0.1, 0.15) is 5.75 Å². The van der Waals surface area contributed by atoms with Crippen LogP contribution in [0.25, 0.3) is 0 Å². The lowest BCUT2D eigenvalue weighted by molar-refractivity contribution is 0.356. The van der Waals surface area contributed by atoms with Crippen molar-refractivity contribution >= 4 is 15.9 Å². The topological polar surface area (TPSA) is 60.2 Å². The smallest absolute Gasteiger partial charge is 0.122 e. The Morgan fingerprint density at radius 2 is 2.25 bits per heavy atom. The van der Waals surface area contributed by atoms with Crippen LogP contribution >= 0.6 is 15.9 Å². The van der Waals surface area contributed by atoms with E-state index in [4.69, 9.17) is 10.6 Å². The van der Waals surface area contributed by atoms with Crippen LogP contribution in [0.1, 0.15) is 22.7 Å². The van der Waals surface area contributed by atoms with Gasteiger partial charge in [-0.05, 0) is 51.2 Å². The molecule has 1 aliphatic heterocycles. The van der Waals surface area contributed by atoms with Crippen molar-refractivity contribution in [2.24, 2.45) is 5.84 Å². The zero-order valence-corrected chi connectivity index (χ0v) is 12.6. The zero-order chi connectivity index (χ0) is 13.9. The Morgan fingerprint density at radius 1 is 1.35 bits per heavy atom. The number of ether oxygens (including phenoxy) is 1. The third kappa shape index (κ3) is 2.85. The first-order chi connectivity index (χ1) is 9.76. The van der Waals surface area contributed by atoms with Crippen molar-refractivity contribution in [3.8, 4) is 5.75 Å². The molecule has 2 aromatic rings. The van der Waals surface area contributed by atoms with E-state index in [0.717, 1.165) is 35.2 Å². The van der Waals surface area contributed by atoms with Crippen molar-refractivity contribution in [1.29, 1.82) is 0 Å². The number of hydrazine groups is 1. The van der Waals surface area contributed by atoms with E-state index >= 15 is 0 Å². The number of fused-ring (bicyclic) bond motifs is 1. The van der Waals surface area contributed by atoms with Crippen LogP contribution in [0, 0.1) is 0 Å². The van der Waals surface area contributed by atoms with E-state index in [1.54, 1.807) is 6.20 Å². The van der Waals surface area contributed by atoms with Crippen molar-refractivity contribution in [3.63, 3.8) is 0 Å². The molecule has 4 nitrogen and oxygen atoms in total. The van der Waals surface area contributed by atoms with Crippen LogP contribution in [-0.2, 0) is 12.8 Å². The van der Waals surface area contributed by atoms with Gasteiger partial charge in [0, 0.05) is 23.3 Å². The van der Waals surface area contributed by atoms with Crippen molar-refractivity contribution in [2.75, 3.05) is 6.61 Å². The van der Waals surface area contributed by atoms with E-state index in [0.29, 0.717) is 0 Å². The predicted molar refractivity (Wildman–Crippen MR) is 81.3 cm³/mol. The second kappa shape index (κ2) is 5.91. The van der Waals surface area contributed by atoms with Crippen LogP contribution in [0.4, 0.5) is 0 Å². The van der Waals surface area contributed by atoms with E-state index in [2.05, 4.69) is 44.5 Å². The highest BCUT2D eigenvalue weighted by Gasteiger charge is 2.16. The summed E-state index contributed by atoms with van der Waals surface area (Å²) >= 11 is 3.44. The summed E-state index contributed by atoms with van der Waals surface area (Å²) in [6.07, 6.45) is 5.41. The molecule has 0 aliphatic carbocycles. The maximum Gasteiger partial charge on any atom is 0.122 e. The van der Waals surface area contributed by atoms with Gasteiger partial charge in [-0.2, -0.15) is 0 Å². The molecule has 104 valence electrons. The van der Waals surface area contributed by atoms with E-state index < -0.39 is 0 Å². The second-order valence-corrected chi connectivity index (χ2v) is 5.82. The molecule has 0 amide bonds. The van der Waals surface area contributed by atoms with Crippen LogP contribution in [0.15, 0.2) is 41.1 Å². The number of benzene rings is 1. The highest BCUT2D eigenvalue weighted by molar-refractivity contribution is 9.10. The fourth-order valence-electron chi connectivity index (χ4n) is 2.50. The van der Waals surface area contributed by atoms with Gasteiger partial charge in [-0.1, -0.05) is 12.1 Å². The van der Waals surface area contributed by atoms with Gasteiger partial charge >= 0.3 is 0 Å². The van der Waals surface area contributed by atoms with Gasteiger partial charge in [-0.3, -0.25) is 16.3 Å². The summed E-state index contributed by atoms with van der Waals surface area (Å²) in [5.41, 5.74) is 6.47. The number of nitrogens with two attached hydrogens (primary N) is 1. The molecule has 0 saturated heterocycles. The molecule has 3 rings (SSSR count). The molecule has 3 N–H and O–H groups in total. The third-order valence-electron chi connectivity index (χ3n) is 3.52. The standard InChI is InChI=1S/C15H16BrN3O/c16-13-5-10(8-18-9-13)6-14(19-17)11-1-2-15-12(7-11)3-4-20-15/h1-2,5,7-9,14,19H,3-4,6,17H2. The summed E-state index contributed by atoms with van der Waals surface area (Å²) in [4.78, 5) is 4.19. The summed E-state index contributed by atoms with van der Waals surface area (Å²) in [5.74, 6) is 6.72. The first-order valence-corrected chi connectivity index (χ1v) is 7.37. The summed E-state index contributed by atoms with van der Waals surface area (Å²) in [5, 5.41) is 0. The Labute approximate surface area is 126 Å². The average molecular weight is 334 g/mol. The van der Waals surface area contributed by atoms with E-state index in [1.807, 2.05) is 12.3 Å². The number of pyridine rings is 1. The highest BCUT2D eigenvalue weighted by Crippen LogP contribution is 2.29. The van der Waals surface area contributed by atoms with Crippen LogP contribution in [-0.4, -0.2) is 11.6 Å². The molecule has 2 heterocycles. The molecule has 20 heavy (non-hydrogen) atoms. The minimum Gasteiger partial charge on any atom is -0.493 e. The summed E-state index contributed by atoms with van der Waals surface area (Å²) in [6, 6.07) is 8.41. The van der Waals surface area contributed by atoms with Crippen molar-refractivity contribution in [3.05, 3.63) is 57.8 Å². The first kappa shape index (κ1) is 13.5. The summed E-state index contributed by atoms with van der Waals surface area (Å²) in [6.45, 7) is 0.773. The minimum atomic E-state index is 0.0667.